The van der Waals surface area contributed by atoms with E-state index in [1.54, 1.807) is 24.3 Å². The molecule has 122 valence electrons. The molecule has 0 radical (unpaired) electrons. The van der Waals surface area contributed by atoms with Crippen molar-refractivity contribution in [3.63, 3.8) is 0 Å². The van der Waals surface area contributed by atoms with Crippen LogP contribution in [0.4, 0.5) is 5.69 Å². The largest absolute Gasteiger partial charge is 0.497 e. The minimum atomic E-state index is -3.37. The molecule has 6 nitrogen and oxygen atoms in total. The molecule has 0 heterocycles. The zero-order valence-corrected chi connectivity index (χ0v) is 13.8. The van der Waals surface area contributed by atoms with Gasteiger partial charge in [-0.3, -0.25) is 4.79 Å². The van der Waals surface area contributed by atoms with Crippen molar-refractivity contribution in [3.05, 3.63) is 48.0 Å². The molecular weight excluding hydrogens is 318 g/mol. The summed E-state index contributed by atoms with van der Waals surface area (Å²) in [5.41, 5.74) is 0.703. The van der Waals surface area contributed by atoms with Crippen molar-refractivity contribution >= 4 is 21.4 Å². The summed E-state index contributed by atoms with van der Waals surface area (Å²) in [6.07, 6.45) is 1.09. The van der Waals surface area contributed by atoms with Crippen molar-refractivity contribution in [3.8, 4) is 11.5 Å². The van der Waals surface area contributed by atoms with Gasteiger partial charge in [-0.1, -0.05) is 6.07 Å². The summed E-state index contributed by atoms with van der Waals surface area (Å²) in [5.74, 6) is 0.606. The first kappa shape index (κ1) is 16.8. The van der Waals surface area contributed by atoms with Gasteiger partial charge in [0, 0.05) is 17.9 Å². The van der Waals surface area contributed by atoms with E-state index in [0.717, 1.165) is 6.26 Å². The Labute approximate surface area is 135 Å². The van der Waals surface area contributed by atoms with Gasteiger partial charge in [0.1, 0.15) is 11.5 Å². The molecule has 2 aromatic rings. The Hall–Kier alpha value is -2.54. The molecule has 0 aliphatic rings. The zero-order valence-electron chi connectivity index (χ0n) is 13.0. The maximum absolute atomic E-state index is 12.3. The van der Waals surface area contributed by atoms with E-state index in [1.807, 2.05) is 0 Å². The fourth-order valence-corrected chi connectivity index (χ4v) is 2.63. The summed E-state index contributed by atoms with van der Waals surface area (Å²) in [7, 11) is -0.362. The van der Waals surface area contributed by atoms with Crippen LogP contribution in [0.5, 0.6) is 11.5 Å². The van der Waals surface area contributed by atoms with E-state index in [1.165, 1.54) is 32.4 Å². The number of methoxy groups -OCH3 is 2. The lowest BCUT2D eigenvalue weighted by atomic mass is 10.2. The van der Waals surface area contributed by atoms with E-state index in [2.05, 4.69) is 5.32 Å². The van der Waals surface area contributed by atoms with E-state index >= 15 is 0 Å². The molecule has 0 fully saturated rings. The lowest BCUT2D eigenvalue weighted by molar-refractivity contribution is 0.102. The van der Waals surface area contributed by atoms with Crippen molar-refractivity contribution in [2.45, 2.75) is 4.90 Å². The number of hydrogen-bond acceptors (Lipinski definition) is 5. The number of rotatable bonds is 5. The minimum absolute atomic E-state index is 0.0897. The summed E-state index contributed by atoms with van der Waals surface area (Å²) in [6.45, 7) is 0. The fourth-order valence-electron chi connectivity index (χ4n) is 1.96. The highest BCUT2D eigenvalue weighted by molar-refractivity contribution is 7.90. The number of hydrogen-bond donors (Lipinski definition) is 1. The van der Waals surface area contributed by atoms with Crippen LogP contribution in [0.1, 0.15) is 10.4 Å². The van der Waals surface area contributed by atoms with Crippen LogP contribution in [0.15, 0.2) is 47.4 Å². The molecule has 0 aromatic heterocycles. The second-order valence-electron chi connectivity index (χ2n) is 4.82. The smallest absolute Gasteiger partial charge is 0.255 e. The van der Waals surface area contributed by atoms with Gasteiger partial charge in [-0.15, -0.1) is 0 Å². The molecule has 1 N–H and O–H groups in total. The van der Waals surface area contributed by atoms with E-state index in [9.17, 15) is 13.2 Å². The third-order valence-electron chi connectivity index (χ3n) is 3.18. The summed E-state index contributed by atoms with van der Waals surface area (Å²) in [5, 5.41) is 2.69. The molecule has 0 bridgehead atoms. The number of anilines is 1. The Morgan fingerprint density at radius 2 is 1.78 bits per heavy atom. The first-order chi connectivity index (χ1) is 10.8. The molecule has 7 heteroatoms. The Balaban J connectivity index is 2.29. The van der Waals surface area contributed by atoms with Crippen molar-refractivity contribution in [2.24, 2.45) is 0 Å². The molecule has 0 unspecified atom stereocenters. The molecule has 2 rings (SSSR count). The third-order valence-corrected chi connectivity index (χ3v) is 4.29. The average Bonchev–Trinajstić information content (AvgIpc) is 2.54. The number of carbonyl (C=O) groups is 1. The second kappa shape index (κ2) is 6.70. The van der Waals surface area contributed by atoms with Crippen molar-refractivity contribution in [1.82, 2.24) is 0 Å². The molecule has 0 saturated heterocycles. The number of amides is 1. The fraction of sp³-hybridized carbons (Fsp3) is 0.188. The van der Waals surface area contributed by atoms with E-state index in [0.29, 0.717) is 17.2 Å². The molecule has 0 atom stereocenters. The molecule has 0 aliphatic carbocycles. The van der Waals surface area contributed by atoms with Crippen LogP contribution < -0.4 is 14.8 Å². The summed E-state index contributed by atoms with van der Waals surface area (Å²) in [4.78, 5) is 12.4. The van der Waals surface area contributed by atoms with Crippen LogP contribution in [-0.4, -0.2) is 34.8 Å². The molecule has 0 saturated carbocycles. The average molecular weight is 335 g/mol. The highest BCUT2D eigenvalue weighted by atomic mass is 32.2. The first-order valence-corrected chi connectivity index (χ1v) is 8.58. The quantitative estimate of drug-likeness (QED) is 0.907. The van der Waals surface area contributed by atoms with Crippen molar-refractivity contribution < 1.29 is 22.7 Å². The summed E-state index contributed by atoms with van der Waals surface area (Å²) in [6, 6.07) is 10.8. The van der Waals surface area contributed by atoms with E-state index in [-0.39, 0.29) is 10.5 Å². The number of nitrogens with one attached hydrogen (secondary N) is 1. The van der Waals surface area contributed by atoms with Crippen LogP contribution in [0.25, 0.3) is 0 Å². The van der Waals surface area contributed by atoms with Crippen molar-refractivity contribution in [2.75, 3.05) is 25.8 Å². The SMILES string of the molecule is COc1ccc(NC(=O)c2cccc(S(C)(=O)=O)c2)c(OC)c1. The van der Waals surface area contributed by atoms with Gasteiger partial charge in [0.05, 0.1) is 24.8 Å². The lowest BCUT2D eigenvalue weighted by Crippen LogP contribution is -2.13. The van der Waals surface area contributed by atoms with Gasteiger partial charge in [0.25, 0.3) is 5.91 Å². The van der Waals surface area contributed by atoms with Gasteiger partial charge in [-0.05, 0) is 30.3 Å². The molecule has 0 spiro atoms. The van der Waals surface area contributed by atoms with Crippen LogP contribution in [0, 0.1) is 0 Å². The molecule has 2 aromatic carbocycles. The van der Waals surface area contributed by atoms with Crippen LogP contribution >= 0.6 is 0 Å². The molecular formula is C16H17NO5S. The van der Waals surface area contributed by atoms with Gasteiger partial charge in [0.15, 0.2) is 9.84 Å². The second-order valence-corrected chi connectivity index (χ2v) is 6.84. The molecule has 1 amide bonds. The number of sulfone groups is 1. The van der Waals surface area contributed by atoms with Gasteiger partial charge in [-0.2, -0.15) is 0 Å². The normalized spacial score (nSPS) is 10.9. The molecule has 23 heavy (non-hydrogen) atoms. The highest BCUT2D eigenvalue weighted by Crippen LogP contribution is 2.29. The lowest BCUT2D eigenvalue weighted by Gasteiger charge is -2.12. The summed E-state index contributed by atoms with van der Waals surface area (Å²) < 4.78 is 33.4. The van der Waals surface area contributed by atoms with Gasteiger partial charge in [0.2, 0.25) is 0 Å². The minimum Gasteiger partial charge on any atom is -0.497 e. The molecule has 0 aliphatic heterocycles. The Morgan fingerprint density at radius 1 is 1.04 bits per heavy atom. The Kier molecular flexibility index (Phi) is 4.90. The van der Waals surface area contributed by atoms with Crippen LogP contribution in [0.3, 0.4) is 0 Å². The standard InChI is InChI=1S/C16H17NO5S/c1-21-12-7-8-14(15(10-12)22-2)17-16(18)11-5-4-6-13(9-11)23(3,19)20/h4-10H,1-3H3,(H,17,18). The summed E-state index contributed by atoms with van der Waals surface area (Å²) >= 11 is 0. The zero-order chi connectivity index (χ0) is 17.0. The maximum atomic E-state index is 12.3. The maximum Gasteiger partial charge on any atom is 0.255 e. The topological polar surface area (TPSA) is 81.7 Å². The van der Waals surface area contributed by atoms with E-state index in [4.69, 9.17) is 9.47 Å². The van der Waals surface area contributed by atoms with Gasteiger partial charge in [-0.25, -0.2) is 8.42 Å². The number of carbonyl (C=O) groups excluding carboxylic acids is 1. The number of benzene rings is 2. The van der Waals surface area contributed by atoms with E-state index < -0.39 is 15.7 Å². The Morgan fingerprint density at radius 3 is 2.39 bits per heavy atom. The van der Waals surface area contributed by atoms with Gasteiger partial charge >= 0.3 is 0 Å². The van der Waals surface area contributed by atoms with Crippen LogP contribution in [0.2, 0.25) is 0 Å². The van der Waals surface area contributed by atoms with Gasteiger partial charge < -0.3 is 14.8 Å². The van der Waals surface area contributed by atoms with Crippen molar-refractivity contribution in [1.29, 1.82) is 0 Å². The third kappa shape index (κ3) is 4.01. The highest BCUT2D eigenvalue weighted by Gasteiger charge is 2.14. The van der Waals surface area contributed by atoms with Crippen LogP contribution in [-0.2, 0) is 9.84 Å². The number of ether oxygens (including phenoxy) is 2. The first-order valence-electron chi connectivity index (χ1n) is 6.68. The predicted molar refractivity (Wildman–Crippen MR) is 87.1 cm³/mol. The Bertz CT molecular complexity index is 830. The predicted octanol–water partition coefficient (Wildman–Crippen LogP) is 2.36. The monoisotopic (exact) mass is 335 g/mol.